The molecule has 5 unspecified atom stereocenters. The first-order chi connectivity index (χ1) is 12.6. The molecule has 8 atom stereocenters. The molecule has 0 aromatic rings. The van der Waals surface area contributed by atoms with Gasteiger partial charge in [-0.1, -0.05) is 32.4 Å². The first kappa shape index (κ1) is 19.7. The second-order valence-corrected chi connectivity index (χ2v) is 10.5. The fraction of sp³-hybridized carbons (Fsp3) is 0.727. The molecule has 1 N–H and O–H groups in total. The maximum Gasteiger partial charge on any atom is 0.178 e. The van der Waals surface area contributed by atoms with Crippen LogP contribution < -0.4 is 0 Å². The van der Waals surface area contributed by atoms with E-state index in [9.17, 15) is 14.7 Å². The van der Waals surface area contributed by atoms with Gasteiger partial charge in [0.1, 0.15) is 0 Å². The number of aliphatic hydroxyl groups is 1. The van der Waals surface area contributed by atoms with Gasteiger partial charge >= 0.3 is 0 Å². The molecule has 4 rings (SSSR count). The van der Waals surface area contributed by atoms with Crippen molar-refractivity contribution in [3.8, 4) is 0 Å². The Bertz CT molecular complexity index is 759. The van der Waals surface area contributed by atoms with Crippen molar-refractivity contribution >= 4 is 34.8 Å². The van der Waals surface area contributed by atoms with Crippen molar-refractivity contribution in [2.75, 3.05) is 5.88 Å². The van der Waals surface area contributed by atoms with E-state index in [1.54, 1.807) is 12.2 Å². The Hall–Kier alpha value is -0.640. The van der Waals surface area contributed by atoms with Gasteiger partial charge in [0.2, 0.25) is 0 Å². The highest BCUT2D eigenvalue weighted by Gasteiger charge is 2.70. The molecule has 0 aromatic heterocycles. The lowest BCUT2D eigenvalue weighted by Crippen LogP contribution is -2.66. The molecular formula is C22H28Cl2O3. The van der Waals surface area contributed by atoms with E-state index in [1.807, 2.05) is 6.08 Å². The van der Waals surface area contributed by atoms with E-state index in [0.29, 0.717) is 6.42 Å². The van der Waals surface area contributed by atoms with Crippen LogP contribution in [-0.4, -0.2) is 33.5 Å². The molecule has 4 aliphatic carbocycles. The number of ketones is 2. The van der Waals surface area contributed by atoms with E-state index < -0.39 is 16.4 Å². The largest absolute Gasteiger partial charge is 0.391 e. The molecular weight excluding hydrogens is 383 g/mol. The van der Waals surface area contributed by atoms with Gasteiger partial charge in [0, 0.05) is 11.3 Å². The van der Waals surface area contributed by atoms with Gasteiger partial charge in [0.25, 0.3) is 0 Å². The molecule has 0 heterocycles. The maximum atomic E-state index is 12.7. The topological polar surface area (TPSA) is 54.4 Å². The second kappa shape index (κ2) is 6.18. The summed E-state index contributed by atoms with van der Waals surface area (Å²) in [5.74, 6) is 0.612. The summed E-state index contributed by atoms with van der Waals surface area (Å²) < 4.78 is 0. The summed E-state index contributed by atoms with van der Waals surface area (Å²) in [6.45, 7) is 6.35. The van der Waals surface area contributed by atoms with Crippen LogP contribution in [0.3, 0.4) is 0 Å². The number of alkyl halides is 2. The monoisotopic (exact) mass is 410 g/mol. The quantitative estimate of drug-likeness (QED) is 0.690. The van der Waals surface area contributed by atoms with Gasteiger partial charge in [0.15, 0.2) is 11.6 Å². The molecule has 27 heavy (non-hydrogen) atoms. The zero-order valence-electron chi connectivity index (χ0n) is 16.2. The number of halogens is 2. The van der Waals surface area contributed by atoms with Crippen molar-refractivity contribution < 1.29 is 14.7 Å². The number of rotatable bonds is 2. The minimum absolute atomic E-state index is 0.00130. The molecule has 4 aliphatic rings. The van der Waals surface area contributed by atoms with Crippen LogP contribution in [0, 0.1) is 34.5 Å². The van der Waals surface area contributed by atoms with Crippen LogP contribution in [0.1, 0.15) is 46.5 Å². The zero-order chi connectivity index (χ0) is 19.8. The average Bonchev–Trinajstić information content (AvgIpc) is 2.86. The predicted molar refractivity (Wildman–Crippen MR) is 107 cm³/mol. The Morgan fingerprint density at radius 3 is 2.70 bits per heavy atom. The average molecular weight is 411 g/mol. The molecule has 3 nitrogen and oxygen atoms in total. The Balaban J connectivity index is 1.80. The summed E-state index contributed by atoms with van der Waals surface area (Å²) in [6, 6.07) is 0. The summed E-state index contributed by atoms with van der Waals surface area (Å²) in [5, 5.41) is 11.4. The van der Waals surface area contributed by atoms with Gasteiger partial charge in [-0.2, -0.15) is 0 Å². The number of carbonyl (C=O) groups excluding carboxylic acids is 2. The molecule has 3 saturated carbocycles. The van der Waals surface area contributed by atoms with Crippen LogP contribution in [0.15, 0.2) is 23.8 Å². The van der Waals surface area contributed by atoms with Crippen molar-refractivity contribution in [1.29, 1.82) is 0 Å². The SMILES string of the molecule is C[C@@H]1C[C@H]2C3CCC4=CC(=O)C=CC4(C)[C@@]3(Cl)C(O)CC2(C)C1C(=O)CCl. The number of allylic oxidation sites excluding steroid dienone is 4. The van der Waals surface area contributed by atoms with Crippen LogP contribution in [0.4, 0.5) is 0 Å². The lowest BCUT2D eigenvalue weighted by molar-refractivity contribution is -0.134. The predicted octanol–water partition coefficient (Wildman–Crippen LogP) is 4.30. The first-order valence-electron chi connectivity index (χ1n) is 9.99. The van der Waals surface area contributed by atoms with Crippen LogP contribution in [0.2, 0.25) is 0 Å². The standard InChI is InChI=1S/C22H28Cl2O3/c1-12-8-16-15-5-4-13-9-14(25)6-7-21(13,3)22(15,24)18(27)10-20(16,2)19(12)17(26)11-23/h6-7,9,12,15-16,18-19,27H,4-5,8,10-11H2,1-3H3/t12-,15?,16+,18?,19?,20?,21?,22+/m1/s1. The van der Waals surface area contributed by atoms with Gasteiger partial charge in [0.05, 0.1) is 16.9 Å². The number of Topliss-reactive ketones (excluding diaryl/α,β-unsaturated/α-hetero) is 1. The smallest absolute Gasteiger partial charge is 0.178 e. The van der Waals surface area contributed by atoms with E-state index in [0.717, 1.165) is 24.8 Å². The minimum atomic E-state index is -0.850. The summed E-state index contributed by atoms with van der Waals surface area (Å²) in [5.41, 5.74) is 0.215. The molecule has 0 radical (unpaired) electrons. The van der Waals surface area contributed by atoms with E-state index in [2.05, 4.69) is 20.8 Å². The fourth-order valence-electron chi connectivity index (χ4n) is 7.35. The van der Waals surface area contributed by atoms with Gasteiger partial charge in [-0.15, -0.1) is 23.2 Å². The van der Waals surface area contributed by atoms with Crippen molar-refractivity contribution in [2.45, 2.75) is 57.4 Å². The van der Waals surface area contributed by atoms with Crippen molar-refractivity contribution in [2.24, 2.45) is 34.5 Å². The van der Waals surface area contributed by atoms with Crippen molar-refractivity contribution in [3.05, 3.63) is 23.8 Å². The number of hydrogen-bond acceptors (Lipinski definition) is 3. The van der Waals surface area contributed by atoms with Gasteiger partial charge in [-0.3, -0.25) is 9.59 Å². The second-order valence-electron chi connectivity index (χ2n) is 9.64. The first-order valence-corrected chi connectivity index (χ1v) is 10.9. The fourth-order valence-corrected chi connectivity index (χ4v) is 8.04. The zero-order valence-corrected chi connectivity index (χ0v) is 17.7. The lowest BCUT2D eigenvalue weighted by atomic mass is 9.46. The van der Waals surface area contributed by atoms with Crippen LogP contribution in [0.25, 0.3) is 0 Å². The van der Waals surface area contributed by atoms with E-state index in [-0.39, 0.29) is 46.5 Å². The molecule has 0 aliphatic heterocycles. The number of hydrogen-bond donors (Lipinski definition) is 1. The van der Waals surface area contributed by atoms with Gasteiger partial charge in [-0.05, 0) is 61.0 Å². The van der Waals surface area contributed by atoms with E-state index in [1.165, 1.54) is 0 Å². The van der Waals surface area contributed by atoms with E-state index in [4.69, 9.17) is 23.2 Å². The Kier molecular flexibility index (Phi) is 4.50. The molecule has 5 heteroatoms. The third-order valence-electron chi connectivity index (χ3n) is 8.46. The molecule has 3 fully saturated rings. The Morgan fingerprint density at radius 2 is 2.04 bits per heavy atom. The van der Waals surface area contributed by atoms with Gasteiger partial charge < -0.3 is 5.11 Å². The third kappa shape index (κ3) is 2.37. The van der Waals surface area contributed by atoms with Crippen molar-refractivity contribution in [1.82, 2.24) is 0 Å². The highest BCUT2D eigenvalue weighted by molar-refractivity contribution is 6.28. The third-order valence-corrected chi connectivity index (χ3v) is 9.65. The van der Waals surface area contributed by atoms with Crippen molar-refractivity contribution in [3.63, 3.8) is 0 Å². The van der Waals surface area contributed by atoms with Gasteiger partial charge in [-0.25, -0.2) is 0 Å². The van der Waals surface area contributed by atoms with E-state index >= 15 is 0 Å². The molecule has 0 aromatic carbocycles. The number of fused-ring (bicyclic) bond motifs is 5. The highest BCUT2D eigenvalue weighted by Crippen LogP contribution is 2.70. The molecule has 0 spiro atoms. The lowest BCUT2D eigenvalue weighted by Gasteiger charge is -2.63. The minimum Gasteiger partial charge on any atom is -0.391 e. The summed E-state index contributed by atoms with van der Waals surface area (Å²) >= 11 is 13.3. The van der Waals surface area contributed by atoms with Crippen LogP contribution >= 0.6 is 23.2 Å². The normalized spacial score (nSPS) is 51.3. The number of carbonyl (C=O) groups is 2. The summed E-state index contributed by atoms with van der Waals surface area (Å²) in [4.78, 5) is 23.7. The highest BCUT2D eigenvalue weighted by atomic mass is 35.5. The molecule has 0 bridgehead atoms. The summed E-state index contributed by atoms with van der Waals surface area (Å²) in [6.07, 6.45) is 7.56. The van der Waals surface area contributed by atoms with Crippen LogP contribution in [0.5, 0.6) is 0 Å². The molecule has 148 valence electrons. The molecule has 0 amide bonds. The van der Waals surface area contributed by atoms with Crippen LogP contribution in [-0.2, 0) is 9.59 Å². The number of aliphatic hydroxyl groups excluding tert-OH is 1. The Labute approximate surface area is 171 Å². The maximum absolute atomic E-state index is 12.7. The molecule has 0 saturated heterocycles. The summed E-state index contributed by atoms with van der Waals surface area (Å²) in [7, 11) is 0. The Morgan fingerprint density at radius 1 is 1.33 bits per heavy atom.